The Labute approximate surface area is 106 Å². The third-order valence-electron chi connectivity index (χ3n) is 3.80. The van der Waals surface area contributed by atoms with Crippen LogP contribution in [0.15, 0.2) is 18.2 Å². The Morgan fingerprint density at radius 3 is 3.00 bits per heavy atom. The van der Waals surface area contributed by atoms with Crippen molar-refractivity contribution in [3.05, 3.63) is 23.8 Å². The number of hydrogen-bond acceptors (Lipinski definition) is 4. The van der Waals surface area contributed by atoms with Crippen LogP contribution in [0.25, 0.3) is 0 Å². The monoisotopic (exact) mass is 250 g/mol. The van der Waals surface area contributed by atoms with Gasteiger partial charge in [-0.3, -0.25) is 0 Å². The fraction of sp³-hybridized carbons (Fsp3) is 0.571. The molecular weight excluding hydrogens is 232 g/mol. The Morgan fingerprint density at radius 1 is 1.39 bits per heavy atom. The van der Waals surface area contributed by atoms with Crippen molar-refractivity contribution in [2.45, 2.75) is 25.0 Å². The molecule has 18 heavy (non-hydrogen) atoms. The van der Waals surface area contributed by atoms with Crippen molar-refractivity contribution in [2.75, 3.05) is 20.3 Å². The molecule has 3 rings (SSSR count). The second-order valence-corrected chi connectivity index (χ2v) is 4.94. The summed E-state index contributed by atoms with van der Waals surface area (Å²) in [5, 5.41) is 10.2. The van der Waals surface area contributed by atoms with Crippen molar-refractivity contribution in [1.82, 2.24) is 0 Å². The molecule has 3 unspecified atom stereocenters. The predicted octanol–water partition coefficient (Wildman–Crippen LogP) is 1.92. The Balaban J connectivity index is 1.85. The minimum atomic E-state index is -0.453. The highest BCUT2D eigenvalue weighted by atomic mass is 16.5. The summed E-state index contributed by atoms with van der Waals surface area (Å²) in [6.07, 6.45) is 1.25. The zero-order chi connectivity index (χ0) is 12.5. The average molecular weight is 250 g/mol. The summed E-state index contributed by atoms with van der Waals surface area (Å²) in [6, 6.07) is 5.57. The van der Waals surface area contributed by atoms with E-state index in [1.165, 1.54) is 0 Å². The maximum Gasteiger partial charge on any atom is 0.129 e. The Hall–Kier alpha value is -1.26. The van der Waals surface area contributed by atoms with Crippen LogP contribution in [-0.2, 0) is 4.74 Å². The van der Waals surface area contributed by atoms with Gasteiger partial charge in [0.05, 0.1) is 19.8 Å². The first kappa shape index (κ1) is 11.8. The van der Waals surface area contributed by atoms with Gasteiger partial charge in [-0.2, -0.15) is 0 Å². The van der Waals surface area contributed by atoms with Gasteiger partial charge in [-0.15, -0.1) is 0 Å². The molecule has 0 aliphatic carbocycles. The molecule has 4 nitrogen and oxygen atoms in total. The lowest BCUT2D eigenvalue weighted by Gasteiger charge is -2.32. The zero-order valence-electron chi connectivity index (χ0n) is 10.5. The van der Waals surface area contributed by atoms with Gasteiger partial charge in [0.25, 0.3) is 0 Å². The largest absolute Gasteiger partial charge is 0.497 e. The smallest absolute Gasteiger partial charge is 0.129 e. The second-order valence-electron chi connectivity index (χ2n) is 4.94. The molecule has 1 N–H and O–H groups in total. The van der Waals surface area contributed by atoms with E-state index in [9.17, 15) is 5.11 Å². The molecule has 2 aliphatic heterocycles. The van der Waals surface area contributed by atoms with Crippen molar-refractivity contribution < 1.29 is 19.3 Å². The highest BCUT2D eigenvalue weighted by Crippen LogP contribution is 2.40. The number of rotatable bonds is 2. The summed E-state index contributed by atoms with van der Waals surface area (Å²) in [7, 11) is 1.63. The van der Waals surface area contributed by atoms with Crippen molar-refractivity contribution in [2.24, 2.45) is 5.92 Å². The van der Waals surface area contributed by atoms with Gasteiger partial charge in [-0.1, -0.05) is 0 Å². The van der Waals surface area contributed by atoms with E-state index in [2.05, 4.69) is 0 Å². The van der Waals surface area contributed by atoms with Crippen molar-refractivity contribution >= 4 is 0 Å². The first-order chi connectivity index (χ1) is 8.78. The van der Waals surface area contributed by atoms with E-state index < -0.39 is 6.10 Å². The second kappa shape index (κ2) is 4.78. The number of aliphatic hydroxyl groups is 1. The van der Waals surface area contributed by atoms with E-state index in [1.54, 1.807) is 7.11 Å². The fourth-order valence-electron chi connectivity index (χ4n) is 2.71. The van der Waals surface area contributed by atoms with E-state index in [-0.39, 0.29) is 6.10 Å². The summed E-state index contributed by atoms with van der Waals surface area (Å²) in [5.74, 6) is 1.88. The molecule has 0 aromatic heterocycles. The lowest BCUT2D eigenvalue weighted by molar-refractivity contribution is 0.0300. The standard InChI is InChI=1S/C14H18O4/c1-16-10-2-3-11-12(15)7-13(18-14(11)6-10)9-4-5-17-8-9/h2-3,6,9,12-13,15H,4-5,7-8H2,1H3. The third-order valence-corrected chi connectivity index (χ3v) is 3.80. The molecule has 4 heteroatoms. The number of fused-ring (bicyclic) bond motifs is 1. The van der Waals surface area contributed by atoms with Gasteiger partial charge in [-0.05, 0) is 18.6 Å². The van der Waals surface area contributed by atoms with Crippen LogP contribution in [0.5, 0.6) is 11.5 Å². The molecule has 2 heterocycles. The molecular formula is C14H18O4. The van der Waals surface area contributed by atoms with Crippen LogP contribution in [0, 0.1) is 5.92 Å². The van der Waals surface area contributed by atoms with Gasteiger partial charge < -0.3 is 19.3 Å². The van der Waals surface area contributed by atoms with Crippen LogP contribution < -0.4 is 9.47 Å². The van der Waals surface area contributed by atoms with E-state index in [1.807, 2.05) is 18.2 Å². The van der Waals surface area contributed by atoms with Crippen molar-refractivity contribution in [3.63, 3.8) is 0 Å². The zero-order valence-corrected chi connectivity index (χ0v) is 10.5. The number of methoxy groups -OCH3 is 1. The Bertz CT molecular complexity index is 426. The van der Waals surface area contributed by atoms with E-state index >= 15 is 0 Å². The third kappa shape index (κ3) is 2.06. The molecule has 98 valence electrons. The van der Waals surface area contributed by atoms with Crippen LogP contribution in [0.4, 0.5) is 0 Å². The maximum absolute atomic E-state index is 10.2. The number of ether oxygens (including phenoxy) is 3. The van der Waals surface area contributed by atoms with Crippen molar-refractivity contribution in [3.8, 4) is 11.5 Å². The van der Waals surface area contributed by atoms with Gasteiger partial charge in [0, 0.05) is 30.6 Å². The lowest BCUT2D eigenvalue weighted by Crippen LogP contribution is -2.33. The van der Waals surface area contributed by atoms with Gasteiger partial charge >= 0.3 is 0 Å². The van der Waals surface area contributed by atoms with Crippen LogP contribution in [0.2, 0.25) is 0 Å². The van der Waals surface area contributed by atoms with E-state index in [4.69, 9.17) is 14.2 Å². The van der Waals surface area contributed by atoms with E-state index in [0.29, 0.717) is 12.3 Å². The highest BCUT2D eigenvalue weighted by Gasteiger charge is 2.34. The molecule has 0 bridgehead atoms. The van der Waals surface area contributed by atoms with Gasteiger partial charge in [0.1, 0.15) is 17.6 Å². The molecule has 2 aliphatic rings. The van der Waals surface area contributed by atoms with Gasteiger partial charge in [0.2, 0.25) is 0 Å². The van der Waals surface area contributed by atoms with Crippen LogP contribution in [0.1, 0.15) is 24.5 Å². The summed E-state index contributed by atoms with van der Waals surface area (Å²) < 4.78 is 16.6. The molecule has 0 amide bonds. The summed E-state index contributed by atoms with van der Waals surface area (Å²) in [5.41, 5.74) is 0.853. The average Bonchev–Trinajstić information content (AvgIpc) is 2.91. The molecule has 1 aromatic rings. The first-order valence-corrected chi connectivity index (χ1v) is 6.38. The molecule has 1 fully saturated rings. The van der Waals surface area contributed by atoms with Crippen LogP contribution in [-0.4, -0.2) is 31.5 Å². The quantitative estimate of drug-likeness (QED) is 0.871. The number of hydrogen-bond donors (Lipinski definition) is 1. The normalized spacial score (nSPS) is 30.7. The molecule has 0 saturated carbocycles. The Kier molecular flexibility index (Phi) is 3.14. The maximum atomic E-state index is 10.2. The predicted molar refractivity (Wildman–Crippen MR) is 65.9 cm³/mol. The minimum Gasteiger partial charge on any atom is -0.497 e. The molecule has 0 spiro atoms. The number of aliphatic hydroxyl groups excluding tert-OH is 1. The Morgan fingerprint density at radius 2 is 2.28 bits per heavy atom. The first-order valence-electron chi connectivity index (χ1n) is 6.38. The van der Waals surface area contributed by atoms with Gasteiger partial charge in [0.15, 0.2) is 0 Å². The van der Waals surface area contributed by atoms with Gasteiger partial charge in [-0.25, -0.2) is 0 Å². The lowest BCUT2D eigenvalue weighted by atomic mass is 9.91. The van der Waals surface area contributed by atoms with E-state index in [0.717, 1.165) is 36.7 Å². The van der Waals surface area contributed by atoms with Crippen molar-refractivity contribution in [1.29, 1.82) is 0 Å². The summed E-state index contributed by atoms with van der Waals surface area (Å²) in [6.45, 7) is 1.53. The minimum absolute atomic E-state index is 0.0436. The number of benzene rings is 1. The van der Waals surface area contributed by atoms with Crippen LogP contribution >= 0.6 is 0 Å². The topological polar surface area (TPSA) is 47.9 Å². The SMILES string of the molecule is COc1ccc2c(c1)OC(C1CCOC1)CC2O. The summed E-state index contributed by atoms with van der Waals surface area (Å²) >= 11 is 0. The summed E-state index contributed by atoms with van der Waals surface area (Å²) in [4.78, 5) is 0. The molecule has 3 atom stereocenters. The van der Waals surface area contributed by atoms with Crippen LogP contribution in [0.3, 0.4) is 0 Å². The molecule has 1 saturated heterocycles. The fourth-order valence-corrected chi connectivity index (χ4v) is 2.71. The molecule has 1 aromatic carbocycles. The highest BCUT2D eigenvalue weighted by molar-refractivity contribution is 5.43. The molecule has 0 radical (unpaired) electrons.